The lowest BCUT2D eigenvalue weighted by Crippen LogP contribution is -2.43. The van der Waals surface area contributed by atoms with E-state index >= 15 is 0 Å². The largest absolute Gasteiger partial charge is 0.310 e. The second-order valence-corrected chi connectivity index (χ2v) is 14.0. The lowest BCUT2D eigenvalue weighted by atomic mass is 9.52. The SMILES string of the molecule is c1ccc(N(c2ccccc2)c2ccc3c(c2)C2(c4ccccc4-3)c3ccccc3C3(c4ccccc4)c4ccccc4-c4cccc2c43)cc1. The number of para-hydroxylation sites is 2. The molecule has 0 aromatic heterocycles. The molecule has 0 saturated carbocycles. The van der Waals surface area contributed by atoms with E-state index in [1.807, 2.05) is 0 Å². The van der Waals surface area contributed by atoms with Crippen LogP contribution in [0.5, 0.6) is 0 Å². The molecule has 0 bridgehead atoms. The van der Waals surface area contributed by atoms with E-state index in [1.165, 1.54) is 66.8 Å². The Bertz CT molecular complexity index is 2600. The fourth-order valence-corrected chi connectivity index (χ4v) is 9.97. The van der Waals surface area contributed by atoms with Gasteiger partial charge in [0.05, 0.1) is 10.8 Å². The van der Waals surface area contributed by atoms with Gasteiger partial charge in [-0.2, -0.15) is 0 Å². The van der Waals surface area contributed by atoms with Crippen molar-refractivity contribution in [3.05, 3.63) is 245 Å². The predicted molar refractivity (Wildman–Crippen MR) is 209 cm³/mol. The van der Waals surface area contributed by atoms with Crippen LogP contribution in [0.15, 0.2) is 200 Å². The second-order valence-electron chi connectivity index (χ2n) is 14.0. The van der Waals surface area contributed by atoms with Crippen LogP contribution in [0.3, 0.4) is 0 Å². The van der Waals surface area contributed by atoms with E-state index in [9.17, 15) is 0 Å². The van der Waals surface area contributed by atoms with E-state index in [4.69, 9.17) is 0 Å². The summed E-state index contributed by atoms with van der Waals surface area (Å²) in [4.78, 5) is 2.39. The van der Waals surface area contributed by atoms with Gasteiger partial charge in [0.2, 0.25) is 0 Å². The molecule has 0 amide bonds. The predicted octanol–water partition coefficient (Wildman–Crippen LogP) is 12.2. The molecule has 8 aromatic rings. The zero-order valence-corrected chi connectivity index (χ0v) is 28.0. The van der Waals surface area contributed by atoms with Crippen LogP contribution in [-0.4, -0.2) is 0 Å². The van der Waals surface area contributed by atoms with Gasteiger partial charge in [0.15, 0.2) is 0 Å². The highest BCUT2D eigenvalue weighted by Crippen LogP contribution is 2.68. The Labute approximate surface area is 298 Å². The zero-order valence-electron chi connectivity index (χ0n) is 28.0. The normalized spacial score (nSPS) is 18.4. The Morgan fingerprint density at radius 2 is 0.725 bits per heavy atom. The van der Waals surface area contributed by atoms with Gasteiger partial charge in [-0.05, 0) is 103 Å². The number of benzene rings is 8. The van der Waals surface area contributed by atoms with Crippen molar-refractivity contribution in [2.45, 2.75) is 10.8 Å². The van der Waals surface area contributed by atoms with Crippen LogP contribution in [0, 0.1) is 0 Å². The van der Waals surface area contributed by atoms with Crippen molar-refractivity contribution in [1.29, 1.82) is 0 Å². The van der Waals surface area contributed by atoms with Crippen LogP contribution in [0.2, 0.25) is 0 Å². The van der Waals surface area contributed by atoms with Crippen LogP contribution in [0.25, 0.3) is 22.3 Å². The first-order valence-corrected chi connectivity index (χ1v) is 17.9. The summed E-state index contributed by atoms with van der Waals surface area (Å²) in [7, 11) is 0. The molecule has 1 nitrogen and oxygen atoms in total. The summed E-state index contributed by atoms with van der Waals surface area (Å²) in [5.41, 5.74) is 18.5. The van der Waals surface area contributed by atoms with Gasteiger partial charge in [-0.25, -0.2) is 0 Å². The monoisotopic (exact) mass is 647 g/mol. The fourth-order valence-electron chi connectivity index (χ4n) is 9.97. The molecule has 1 heteroatoms. The lowest BCUT2D eigenvalue weighted by molar-refractivity contribution is 0.636. The van der Waals surface area contributed by atoms with Gasteiger partial charge >= 0.3 is 0 Å². The maximum Gasteiger partial charge on any atom is 0.0720 e. The average Bonchev–Trinajstić information content (AvgIpc) is 3.68. The Hall–Kier alpha value is -6.44. The molecule has 0 radical (unpaired) electrons. The molecule has 11 rings (SSSR count). The summed E-state index contributed by atoms with van der Waals surface area (Å²) in [5, 5.41) is 0. The van der Waals surface area contributed by atoms with Crippen LogP contribution in [-0.2, 0) is 10.8 Å². The maximum atomic E-state index is 2.49. The topological polar surface area (TPSA) is 3.24 Å². The molecule has 3 aliphatic rings. The van der Waals surface area contributed by atoms with Crippen molar-refractivity contribution in [2.24, 2.45) is 0 Å². The molecule has 0 N–H and O–H groups in total. The third-order valence-corrected chi connectivity index (χ3v) is 11.7. The van der Waals surface area contributed by atoms with Gasteiger partial charge < -0.3 is 4.90 Å². The molecule has 0 aliphatic heterocycles. The van der Waals surface area contributed by atoms with E-state index in [0.29, 0.717) is 0 Å². The van der Waals surface area contributed by atoms with E-state index in [1.54, 1.807) is 0 Å². The van der Waals surface area contributed by atoms with Gasteiger partial charge in [-0.1, -0.05) is 164 Å². The molecule has 8 aromatic carbocycles. The highest BCUT2D eigenvalue weighted by molar-refractivity contribution is 5.96. The van der Waals surface area contributed by atoms with E-state index in [2.05, 4.69) is 205 Å². The third-order valence-electron chi connectivity index (χ3n) is 11.7. The molecule has 3 aliphatic carbocycles. The van der Waals surface area contributed by atoms with Gasteiger partial charge in [-0.15, -0.1) is 0 Å². The van der Waals surface area contributed by atoms with Crippen molar-refractivity contribution in [3.63, 3.8) is 0 Å². The number of hydrogen-bond donors (Lipinski definition) is 0. The first-order valence-electron chi connectivity index (χ1n) is 17.9. The Balaban J connectivity index is 1.29. The van der Waals surface area contributed by atoms with Crippen molar-refractivity contribution >= 4 is 17.1 Å². The summed E-state index contributed by atoms with van der Waals surface area (Å²) in [6.45, 7) is 0. The molecule has 2 atom stereocenters. The minimum atomic E-state index is -0.525. The van der Waals surface area contributed by atoms with E-state index < -0.39 is 10.8 Å². The first kappa shape index (κ1) is 28.4. The second kappa shape index (κ2) is 10.5. The smallest absolute Gasteiger partial charge is 0.0720 e. The number of rotatable bonds is 4. The van der Waals surface area contributed by atoms with Crippen LogP contribution < -0.4 is 4.90 Å². The van der Waals surface area contributed by atoms with Gasteiger partial charge in [0.1, 0.15) is 0 Å². The molecule has 0 saturated heterocycles. The summed E-state index contributed by atoms with van der Waals surface area (Å²) in [6, 6.07) is 74.6. The summed E-state index contributed by atoms with van der Waals surface area (Å²) in [6.07, 6.45) is 0. The van der Waals surface area contributed by atoms with Gasteiger partial charge in [-0.3, -0.25) is 0 Å². The van der Waals surface area contributed by atoms with Gasteiger partial charge in [0.25, 0.3) is 0 Å². The summed E-state index contributed by atoms with van der Waals surface area (Å²) < 4.78 is 0. The molecule has 1 spiro atoms. The summed E-state index contributed by atoms with van der Waals surface area (Å²) >= 11 is 0. The molecular weight excluding hydrogens is 615 g/mol. The highest BCUT2D eigenvalue weighted by Gasteiger charge is 2.59. The minimum absolute atomic E-state index is 0.443. The van der Waals surface area contributed by atoms with Crippen molar-refractivity contribution in [2.75, 3.05) is 4.90 Å². The van der Waals surface area contributed by atoms with Crippen molar-refractivity contribution < 1.29 is 0 Å². The van der Waals surface area contributed by atoms with E-state index in [0.717, 1.165) is 17.1 Å². The maximum absolute atomic E-state index is 2.49. The molecular formula is C50H33N. The quantitative estimate of drug-likeness (QED) is 0.184. The summed E-state index contributed by atoms with van der Waals surface area (Å²) in [5.74, 6) is 0. The molecule has 238 valence electrons. The van der Waals surface area contributed by atoms with Gasteiger partial charge in [0, 0.05) is 17.1 Å². The molecule has 0 heterocycles. The Morgan fingerprint density at radius 1 is 0.275 bits per heavy atom. The molecule has 0 fully saturated rings. The third kappa shape index (κ3) is 3.55. The first-order chi connectivity index (χ1) is 25.3. The van der Waals surface area contributed by atoms with Crippen LogP contribution in [0.4, 0.5) is 17.1 Å². The van der Waals surface area contributed by atoms with Crippen LogP contribution in [0.1, 0.15) is 44.5 Å². The molecule has 51 heavy (non-hydrogen) atoms. The number of nitrogens with zero attached hydrogens (tertiary/aromatic N) is 1. The number of hydrogen-bond acceptors (Lipinski definition) is 1. The standard InChI is InChI=1S/C50H33N/c1-4-17-34(18-5-1)49-42-26-12-11-24-39(42)41-25-16-30-46(48(41)49)50(45-29-15-14-28-44(45)49)43-27-13-10-23-38(43)40-32-31-37(33-47(40)50)51(35-19-6-2-7-20-35)36-21-8-3-9-22-36/h1-33H. The van der Waals surface area contributed by atoms with Crippen molar-refractivity contribution in [1.82, 2.24) is 0 Å². The van der Waals surface area contributed by atoms with E-state index in [-0.39, 0.29) is 0 Å². The lowest BCUT2D eigenvalue weighted by Gasteiger charge is -2.48. The fraction of sp³-hybridized carbons (Fsp3) is 0.0400. The highest BCUT2D eigenvalue weighted by atomic mass is 15.1. The van der Waals surface area contributed by atoms with Crippen molar-refractivity contribution in [3.8, 4) is 22.3 Å². The molecule has 2 unspecified atom stereocenters. The Kier molecular flexibility index (Phi) is 5.86. The minimum Gasteiger partial charge on any atom is -0.310 e. The van der Waals surface area contributed by atoms with Crippen LogP contribution >= 0.6 is 0 Å². The number of fused-ring (bicyclic) bond motifs is 12. The Morgan fingerprint density at radius 3 is 1.37 bits per heavy atom. The number of anilines is 3. The average molecular weight is 648 g/mol. The zero-order chi connectivity index (χ0) is 33.6.